The lowest BCUT2D eigenvalue weighted by Crippen LogP contribution is -2.48. The van der Waals surface area contributed by atoms with Crippen molar-refractivity contribution in [2.45, 2.75) is 38.0 Å². The van der Waals surface area contributed by atoms with E-state index in [2.05, 4.69) is 10.2 Å². The lowest BCUT2D eigenvalue weighted by Gasteiger charge is -2.25. The van der Waals surface area contributed by atoms with Crippen LogP contribution in [-0.4, -0.2) is 51.0 Å². The minimum atomic E-state index is -4.74. The van der Waals surface area contributed by atoms with Gasteiger partial charge in [-0.3, -0.25) is 9.89 Å². The molecular weight excluding hydrogens is 275 g/mol. The maximum atomic E-state index is 12.7. The van der Waals surface area contributed by atoms with E-state index in [1.165, 1.54) is 6.07 Å². The molecule has 0 aliphatic carbocycles. The summed E-state index contributed by atoms with van der Waals surface area (Å²) >= 11 is 0. The number of likely N-dealkylation sites (tertiary alicyclic amines) is 1. The molecular formula is C12H16F3N3O2. The zero-order valence-electron chi connectivity index (χ0n) is 11.2. The van der Waals surface area contributed by atoms with Crippen molar-refractivity contribution in [3.63, 3.8) is 0 Å². The van der Waals surface area contributed by atoms with E-state index in [1.807, 2.05) is 13.8 Å². The van der Waals surface area contributed by atoms with Gasteiger partial charge in [0.15, 0.2) is 5.60 Å². The van der Waals surface area contributed by atoms with Gasteiger partial charge in [-0.15, -0.1) is 0 Å². The summed E-state index contributed by atoms with van der Waals surface area (Å²) < 4.78 is 38.1. The molecule has 0 radical (unpaired) electrons. The molecule has 1 unspecified atom stereocenters. The highest BCUT2D eigenvalue weighted by molar-refractivity contribution is 5.92. The largest absolute Gasteiger partial charge is 0.419 e. The lowest BCUT2D eigenvalue weighted by atomic mass is 10.0. The number of hydrogen-bond acceptors (Lipinski definition) is 3. The predicted octanol–water partition coefficient (Wildman–Crippen LogP) is 1.67. The Hall–Kier alpha value is -1.57. The summed E-state index contributed by atoms with van der Waals surface area (Å²) in [6.07, 6.45) is -5.25. The van der Waals surface area contributed by atoms with Crippen molar-refractivity contribution in [2.24, 2.45) is 0 Å². The van der Waals surface area contributed by atoms with E-state index in [1.54, 1.807) is 0 Å². The van der Waals surface area contributed by atoms with Crippen LogP contribution in [0.2, 0.25) is 0 Å². The Morgan fingerprint density at radius 1 is 1.55 bits per heavy atom. The van der Waals surface area contributed by atoms with Crippen LogP contribution in [0.15, 0.2) is 6.07 Å². The fourth-order valence-corrected chi connectivity index (χ4v) is 2.10. The molecule has 1 aliphatic rings. The molecule has 112 valence electrons. The average molecular weight is 291 g/mol. The molecule has 0 bridgehead atoms. The first-order valence-corrected chi connectivity index (χ1v) is 6.28. The highest BCUT2D eigenvalue weighted by Gasteiger charge is 2.57. The van der Waals surface area contributed by atoms with Crippen molar-refractivity contribution in [1.82, 2.24) is 15.1 Å². The molecule has 1 saturated heterocycles. The normalized spacial score (nSPS) is 23.6. The minimum Gasteiger partial charge on any atom is -0.379 e. The number of nitrogens with zero attached hydrogens (tertiary/aromatic N) is 2. The number of rotatable bonds is 2. The maximum Gasteiger partial charge on any atom is 0.419 e. The van der Waals surface area contributed by atoms with Crippen molar-refractivity contribution in [1.29, 1.82) is 0 Å². The fraction of sp³-hybridized carbons (Fsp3) is 0.667. The molecule has 2 N–H and O–H groups in total. The van der Waals surface area contributed by atoms with Crippen LogP contribution in [0.25, 0.3) is 0 Å². The third-order valence-electron chi connectivity index (χ3n) is 3.50. The summed E-state index contributed by atoms with van der Waals surface area (Å²) in [5.41, 5.74) is -2.02. The first kappa shape index (κ1) is 14.8. The Bertz CT molecular complexity index is 512. The summed E-state index contributed by atoms with van der Waals surface area (Å²) in [4.78, 5) is 13.0. The molecule has 8 heteroatoms. The predicted molar refractivity (Wildman–Crippen MR) is 64.2 cm³/mol. The van der Waals surface area contributed by atoms with Crippen molar-refractivity contribution in [3.8, 4) is 0 Å². The molecule has 0 saturated carbocycles. The van der Waals surface area contributed by atoms with Crippen LogP contribution in [0, 0.1) is 0 Å². The molecule has 1 aromatic heterocycles. The number of aromatic amines is 1. The molecule has 2 rings (SSSR count). The number of halogens is 3. The number of aliphatic hydroxyl groups is 1. The zero-order chi connectivity index (χ0) is 15.1. The van der Waals surface area contributed by atoms with Crippen LogP contribution in [0.4, 0.5) is 13.2 Å². The number of nitrogens with one attached hydrogen (secondary N) is 1. The highest BCUT2D eigenvalue weighted by Crippen LogP contribution is 2.37. The van der Waals surface area contributed by atoms with Gasteiger partial charge in [0.05, 0.1) is 6.54 Å². The Kier molecular flexibility index (Phi) is 3.53. The molecule has 1 fully saturated rings. The standard InChI is InChI=1S/C12H16F3N3O2/c1-7(2)8-5-9(17-16-8)10(19)18-4-3-11(20,6-18)12(13,14)15/h5,7,20H,3-4,6H2,1-2H3,(H,16,17). The topological polar surface area (TPSA) is 69.2 Å². The zero-order valence-corrected chi connectivity index (χ0v) is 11.2. The number of hydrogen-bond donors (Lipinski definition) is 2. The van der Waals surface area contributed by atoms with Gasteiger partial charge in [-0.1, -0.05) is 13.8 Å². The SMILES string of the molecule is CC(C)c1cc(C(=O)N2CCC(O)(C(F)(F)F)C2)n[nH]1. The summed E-state index contributed by atoms with van der Waals surface area (Å²) in [5, 5.41) is 16.0. The van der Waals surface area contributed by atoms with Crippen molar-refractivity contribution < 1.29 is 23.1 Å². The maximum absolute atomic E-state index is 12.7. The summed E-state index contributed by atoms with van der Waals surface area (Å²) in [6.45, 7) is 2.91. The molecule has 0 spiro atoms. The van der Waals surface area contributed by atoms with Crippen LogP contribution >= 0.6 is 0 Å². The van der Waals surface area contributed by atoms with Crippen LogP contribution in [0.1, 0.15) is 42.4 Å². The van der Waals surface area contributed by atoms with Gasteiger partial charge >= 0.3 is 6.18 Å². The van der Waals surface area contributed by atoms with E-state index >= 15 is 0 Å². The van der Waals surface area contributed by atoms with Crippen molar-refractivity contribution in [3.05, 3.63) is 17.5 Å². The molecule has 0 aromatic carbocycles. The van der Waals surface area contributed by atoms with Gasteiger partial charge in [0, 0.05) is 18.7 Å². The second-order valence-electron chi connectivity index (χ2n) is 5.37. The van der Waals surface area contributed by atoms with Gasteiger partial charge in [-0.05, 0) is 12.0 Å². The first-order chi connectivity index (χ1) is 9.14. The Labute approximate surface area is 113 Å². The fourth-order valence-electron chi connectivity index (χ4n) is 2.10. The second kappa shape index (κ2) is 4.76. The number of aromatic nitrogens is 2. The van der Waals surface area contributed by atoms with Crippen LogP contribution in [0.3, 0.4) is 0 Å². The third kappa shape index (κ3) is 2.52. The molecule has 1 aliphatic heterocycles. The van der Waals surface area contributed by atoms with Gasteiger partial charge in [0.2, 0.25) is 0 Å². The molecule has 1 amide bonds. The van der Waals surface area contributed by atoms with E-state index in [4.69, 9.17) is 0 Å². The number of H-pyrrole nitrogens is 1. The first-order valence-electron chi connectivity index (χ1n) is 6.28. The number of carbonyl (C=O) groups excluding carboxylic acids is 1. The van der Waals surface area contributed by atoms with Gasteiger partial charge in [-0.25, -0.2) is 0 Å². The van der Waals surface area contributed by atoms with Crippen LogP contribution in [0.5, 0.6) is 0 Å². The number of alkyl halides is 3. The van der Waals surface area contributed by atoms with Crippen molar-refractivity contribution in [2.75, 3.05) is 13.1 Å². The highest BCUT2D eigenvalue weighted by atomic mass is 19.4. The van der Waals surface area contributed by atoms with E-state index in [-0.39, 0.29) is 18.2 Å². The second-order valence-corrected chi connectivity index (χ2v) is 5.37. The van der Waals surface area contributed by atoms with E-state index in [9.17, 15) is 23.1 Å². The molecule has 2 heterocycles. The monoisotopic (exact) mass is 291 g/mol. The number of carbonyl (C=O) groups is 1. The Morgan fingerprint density at radius 2 is 2.20 bits per heavy atom. The summed E-state index contributed by atoms with van der Waals surface area (Å²) in [6, 6.07) is 1.53. The average Bonchev–Trinajstić information content (AvgIpc) is 2.94. The quantitative estimate of drug-likeness (QED) is 0.871. The van der Waals surface area contributed by atoms with Gasteiger partial charge in [-0.2, -0.15) is 18.3 Å². The van der Waals surface area contributed by atoms with Gasteiger partial charge < -0.3 is 10.0 Å². The van der Waals surface area contributed by atoms with E-state index in [0.29, 0.717) is 0 Å². The number of β-amino-alcohol motifs (C(OH)–C–C–N with tert-alkyl or cyclic N) is 1. The van der Waals surface area contributed by atoms with Crippen LogP contribution in [-0.2, 0) is 0 Å². The molecule has 1 atom stereocenters. The molecule has 5 nitrogen and oxygen atoms in total. The van der Waals surface area contributed by atoms with E-state index < -0.39 is 30.7 Å². The Balaban J connectivity index is 2.12. The smallest absolute Gasteiger partial charge is 0.379 e. The number of amides is 1. The lowest BCUT2D eigenvalue weighted by molar-refractivity contribution is -0.253. The molecule has 1 aromatic rings. The summed E-state index contributed by atoms with van der Waals surface area (Å²) in [7, 11) is 0. The van der Waals surface area contributed by atoms with Crippen LogP contribution < -0.4 is 0 Å². The van der Waals surface area contributed by atoms with E-state index in [0.717, 1.165) is 10.6 Å². The third-order valence-corrected chi connectivity index (χ3v) is 3.50. The van der Waals surface area contributed by atoms with Gasteiger partial charge in [0.25, 0.3) is 5.91 Å². The summed E-state index contributed by atoms with van der Waals surface area (Å²) in [5.74, 6) is -0.469. The molecule has 20 heavy (non-hydrogen) atoms. The van der Waals surface area contributed by atoms with Crippen molar-refractivity contribution >= 4 is 5.91 Å². The van der Waals surface area contributed by atoms with Gasteiger partial charge in [0.1, 0.15) is 5.69 Å². The minimum absolute atomic E-state index is 0.0696. The Morgan fingerprint density at radius 3 is 2.65 bits per heavy atom.